The van der Waals surface area contributed by atoms with E-state index in [-0.39, 0.29) is 17.3 Å². The maximum atomic E-state index is 11.2. The van der Waals surface area contributed by atoms with E-state index in [1.807, 2.05) is 32.2 Å². The minimum Gasteiger partial charge on any atom is -0.481 e. The fraction of sp³-hybridized carbons (Fsp3) is 0.385. The highest BCUT2D eigenvalue weighted by atomic mass is 16.4. The predicted molar refractivity (Wildman–Crippen MR) is 63.7 cm³/mol. The van der Waals surface area contributed by atoms with E-state index < -0.39 is 5.97 Å². The number of fused-ring (bicyclic) bond motifs is 1. The monoisotopic (exact) mass is 230 g/mol. The summed E-state index contributed by atoms with van der Waals surface area (Å²) in [5, 5.41) is 10.2. The van der Waals surface area contributed by atoms with Gasteiger partial charge in [-0.25, -0.2) is 4.98 Å². The molecule has 2 aromatic rings. The number of aromatic amines is 1. The molecular weight excluding hydrogens is 216 g/mol. The molecule has 0 amide bonds. The Bertz CT molecular complexity index is 600. The van der Waals surface area contributed by atoms with Crippen molar-refractivity contribution >= 4 is 17.0 Å². The quantitative estimate of drug-likeness (QED) is 0.832. The van der Waals surface area contributed by atoms with Gasteiger partial charge in [0.25, 0.3) is 0 Å². The third-order valence-corrected chi connectivity index (χ3v) is 3.91. The highest BCUT2D eigenvalue weighted by molar-refractivity contribution is 5.85. The first kappa shape index (κ1) is 10.3. The van der Waals surface area contributed by atoms with Gasteiger partial charge in [-0.2, -0.15) is 0 Å². The summed E-state index contributed by atoms with van der Waals surface area (Å²) in [5.41, 5.74) is 1.73. The summed E-state index contributed by atoms with van der Waals surface area (Å²) in [6.45, 7) is 4.01. The van der Waals surface area contributed by atoms with Crippen molar-refractivity contribution in [1.82, 2.24) is 9.97 Å². The van der Waals surface area contributed by atoms with Gasteiger partial charge >= 0.3 is 5.97 Å². The smallest absolute Gasteiger partial charge is 0.307 e. The van der Waals surface area contributed by atoms with Gasteiger partial charge in [0, 0.05) is 23.7 Å². The zero-order chi connectivity index (χ0) is 12.2. The molecule has 2 N–H and O–H groups in total. The molecule has 1 saturated carbocycles. The van der Waals surface area contributed by atoms with Crippen LogP contribution in [0.4, 0.5) is 0 Å². The van der Waals surface area contributed by atoms with Gasteiger partial charge in [-0.05, 0) is 23.1 Å². The molecule has 0 spiro atoms. The lowest BCUT2D eigenvalue weighted by Crippen LogP contribution is -2.03. The molecule has 0 saturated heterocycles. The number of carboxylic acids is 1. The van der Waals surface area contributed by atoms with E-state index in [1.54, 1.807) is 6.20 Å². The molecule has 2 unspecified atom stereocenters. The van der Waals surface area contributed by atoms with Crippen LogP contribution in [0.5, 0.6) is 0 Å². The number of rotatable bonds is 2. The lowest BCUT2D eigenvalue weighted by atomic mass is 10.0. The molecule has 2 atom stereocenters. The van der Waals surface area contributed by atoms with Crippen molar-refractivity contribution in [2.24, 2.45) is 11.3 Å². The van der Waals surface area contributed by atoms with Gasteiger partial charge < -0.3 is 10.1 Å². The molecule has 2 heterocycles. The number of hydrogen-bond acceptors (Lipinski definition) is 2. The van der Waals surface area contributed by atoms with Crippen LogP contribution in [0.1, 0.15) is 25.3 Å². The van der Waals surface area contributed by atoms with Crippen molar-refractivity contribution in [1.29, 1.82) is 0 Å². The lowest BCUT2D eigenvalue weighted by Gasteiger charge is -2.00. The first-order valence-corrected chi connectivity index (χ1v) is 5.68. The van der Waals surface area contributed by atoms with Gasteiger partial charge in [-0.15, -0.1) is 0 Å². The highest BCUT2D eigenvalue weighted by Crippen LogP contribution is 2.65. The van der Waals surface area contributed by atoms with Gasteiger partial charge in [-0.1, -0.05) is 13.8 Å². The zero-order valence-corrected chi connectivity index (χ0v) is 9.77. The number of pyridine rings is 1. The Labute approximate surface area is 98.7 Å². The number of carbonyl (C=O) groups is 1. The Morgan fingerprint density at radius 2 is 2.29 bits per heavy atom. The molecule has 1 fully saturated rings. The molecule has 17 heavy (non-hydrogen) atoms. The summed E-state index contributed by atoms with van der Waals surface area (Å²) < 4.78 is 0. The van der Waals surface area contributed by atoms with Crippen molar-refractivity contribution in [3.63, 3.8) is 0 Å². The van der Waals surface area contributed by atoms with Gasteiger partial charge in [0.2, 0.25) is 0 Å². The molecular formula is C13H14N2O2. The second kappa shape index (κ2) is 3.09. The topological polar surface area (TPSA) is 66.0 Å². The number of nitrogens with one attached hydrogen (secondary N) is 1. The van der Waals surface area contributed by atoms with Crippen molar-refractivity contribution in [3.05, 3.63) is 30.1 Å². The van der Waals surface area contributed by atoms with Crippen LogP contribution in [0.25, 0.3) is 11.0 Å². The number of H-pyrrole nitrogens is 1. The molecule has 1 aliphatic carbocycles. The number of aliphatic carboxylic acids is 1. The molecule has 2 aromatic heterocycles. The van der Waals surface area contributed by atoms with Gasteiger partial charge in [-0.3, -0.25) is 4.79 Å². The molecule has 0 bridgehead atoms. The largest absolute Gasteiger partial charge is 0.481 e. The van der Waals surface area contributed by atoms with Gasteiger partial charge in [0.05, 0.1) is 5.92 Å². The molecule has 4 heteroatoms. The molecule has 88 valence electrons. The van der Waals surface area contributed by atoms with Crippen LogP contribution in [0.2, 0.25) is 0 Å². The number of nitrogens with zero attached hydrogens (tertiary/aromatic N) is 1. The van der Waals surface area contributed by atoms with Crippen molar-refractivity contribution in [3.8, 4) is 0 Å². The molecule has 0 aromatic carbocycles. The van der Waals surface area contributed by atoms with Crippen LogP contribution >= 0.6 is 0 Å². The number of hydrogen-bond donors (Lipinski definition) is 2. The van der Waals surface area contributed by atoms with Crippen LogP contribution in [-0.4, -0.2) is 21.0 Å². The van der Waals surface area contributed by atoms with Gasteiger partial charge in [0.15, 0.2) is 0 Å². The summed E-state index contributed by atoms with van der Waals surface area (Å²) in [4.78, 5) is 18.5. The van der Waals surface area contributed by atoms with Crippen LogP contribution < -0.4 is 0 Å². The Morgan fingerprint density at radius 1 is 1.53 bits per heavy atom. The van der Waals surface area contributed by atoms with E-state index in [0.717, 1.165) is 16.6 Å². The molecule has 0 radical (unpaired) electrons. The first-order valence-electron chi connectivity index (χ1n) is 5.68. The molecule has 3 rings (SSSR count). The maximum Gasteiger partial charge on any atom is 0.307 e. The fourth-order valence-corrected chi connectivity index (χ4v) is 2.91. The van der Waals surface area contributed by atoms with Crippen molar-refractivity contribution in [2.75, 3.05) is 0 Å². The Hall–Kier alpha value is -1.84. The first-order chi connectivity index (χ1) is 8.03. The van der Waals surface area contributed by atoms with E-state index in [1.165, 1.54) is 0 Å². The third kappa shape index (κ3) is 1.30. The molecule has 1 aliphatic rings. The summed E-state index contributed by atoms with van der Waals surface area (Å²) in [7, 11) is 0. The van der Waals surface area contributed by atoms with E-state index in [4.69, 9.17) is 0 Å². The van der Waals surface area contributed by atoms with Gasteiger partial charge in [0.1, 0.15) is 5.65 Å². The standard InChI is InChI=1S/C13H14N2O2/c1-13(2)9(10(13)12(16)17)8-6-15-11-7(8)4-3-5-14-11/h3-6,9-10H,1-2H3,(H,14,15)(H,16,17). The normalized spacial score (nSPS) is 26.0. The fourth-order valence-electron chi connectivity index (χ4n) is 2.91. The van der Waals surface area contributed by atoms with E-state index in [9.17, 15) is 9.90 Å². The summed E-state index contributed by atoms with van der Waals surface area (Å²) >= 11 is 0. The van der Waals surface area contributed by atoms with E-state index in [0.29, 0.717) is 0 Å². The molecule has 4 nitrogen and oxygen atoms in total. The Kier molecular flexibility index (Phi) is 1.88. The Morgan fingerprint density at radius 3 is 2.94 bits per heavy atom. The SMILES string of the molecule is CC1(C)C(C(=O)O)C1c1c[nH]c2ncccc12. The molecule has 0 aliphatic heterocycles. The average Bonchev–Trinajstić information content (AvgIpc) is 2.68. The van der Waals surface area contributed by atoms with E-state index in [2.05, 4.69) is 9.97 Å². The van der Waals surface area contributed by atoms with Crippen LogP contribution in [0, 0.1) is 11.3 Å². The summed E-state index contributed by atoms with van der Waals surface area (Å²) in [6, 6.07) is 3.87. The van der Waals surface area contributed by atoms with Crippen LogP contribution in [0.15, 0.2) is 24.5 Å². The van der Waals surface area contributed by atoms with Crippen molar-refractivity contribution in [2.45, 2.75) is 19.8 Å². The Balaban J connectivity index is 2.09. The minimum absolute atomic E-state index is 0.0814. The minimum atomic E-state index is -0.710. The van der Waals surface area contributed by atoms with Crippen LogP contribution in [-0.2, 0) is 4.79 Å². The third-order valence-electron chi connectivity index (χ3n) is 3.91. The summed E-state index contributed by atoms with van der Waals surface area (Å²) in [6.07, 6.45) is 3.63. The average molecular weight is 230 g/mol. The zero-order valence-electron chi connectivity index (χ0n) is 9.77. The van der Waals surface area contributed by atoms with Crippen LogP contribution in [0.3, 0.4) is 0 Å². The highest BCUT2D eigenvalue weighted by Gasteiger charge is 2.63. The number of carboxylic acid groups (broad SMARTS) is 1. The lowest BCUT2D eigenvalue weighted by molar-refractivity contribution is -0.139. The summed E-state index contributed by atoms with van der Waals surface area (Å²) in [5.74, 6) is -0.919. The predicted octanol–water partition coefficient (Wildman–Crippen LogP) is 2.39. The second-order valence-electron chi connectivity index (χ2n) is 5.26. The van der Waals surface area contributed by atoms with E-state index >= 15 is 0 Å². The number of aromatic nitrogens is 2. The van der Waals surface area contributed by atoms with Crippen molar-refractivity contribution < 1.29 is 9.90 Å². The maximum absolute atomic E-state index is 11.2. The second-order valence-corrected chi connectivity index (χ2v) is 5.26.